The molecule has 0 fully saturated rings. The zero-order chi connectivity index (χ0) is 19.3. The van der Waals surface area contributed by atoms with Gasteiger partial charge in [0.15, 0.2) is 11.5 Å². The zero-order valence-corrected chi connectivity index (χ0v) is 14.5. The molecule has 2 rings (SSSR count). The number of ether oxygens (including phenoxy) is 3. The smallest absolute Gasteiger partial charge is 0.369 e. The van der Waals surface area contributed by atoms with Gasteiger partial charge in [-0.25, -0.2) is 13.6 Å². The molecule has 10 heteroatoms. The largest absolute Gasteiger partial charge is 0.493 e. The highest BCUT2D eigenvalue weighted by Crippen LogP contribution is 2.37. The van der Waals surface area contributed by atoms with E-state index in [-0.39, 0.29) is 5.56 Å². The van der Waals surface area contributed by atoms with Crippen LogP contribution in [0.15, 0.2) is 23.5 Å². The molecule has 0 radical (unpaired) electrons. The van der Waals surface area contributed by atoms with Crippen LogP contribution in [0.3, 0.4) is 0 Å². The number of halogens is 2. The Morgan fingerprint density at radius 1 is 1.19 bits per heavy atom. The van der Waals surface area contributed by atoms with E-state index in [0.29, 0.717) is 22.8 Å². The summed E-state index contributed by atoms with van der Waals surface area (Å²) in [6, 6.07) is 3.15. The zero-order valence-electron chi connectivity index (χ0n) is 14.5. The fourth-order valence-corrected chi connectivity index (χ4v) is 2.18. The van der Waals surface area contributed by atoms with Crippen LogP contribution in [0.4, 0.5) is 8.78 Å². The van der Waals surface area contributed by atoms with Crippen LogP contribution in [-0.4, -0.2) is 43.3 Å². The van der Waals surface area contributed by atoms with Crippen molar-refractivity contribution < 1.29 is 32.6 Å². The van der Waals surface area contributed by atoms with E-state index in [1.54, 1.807) is 12.1 Å². The first kappa shape index (κ1) is 19.2. The molecule has 1 aromatic carbocycles. The number of hydrogen-bond donors (Lipinski definition) is 0. The third-order valence-corrected chi connectivity index (χ3v) is 3.31. The normalized spacial score (nSPS) is 11.0. The lowest BCUT2D eigenvalue weighted by Gasteiger charge is -2.12. The molecule has 1 aromatic heterocycles. The van der Waals surface area contributed by atoms with Gasteiger partial charge >= 0.3 is 5.97 Å². The minimum Gasteiger partial charge on any atom is -0.493 e. The molecule has 0 amide bonds. The summed E-state index contributed by atoms with van der Waals surface area (Å²) >= 11 is 0. The van der Waals surface area contributed by atoms with Crippen LogP contribution in [0, 0.1) is 0 Å². The molecule has 0 atom stereocenters. The van der Waals surface area contributed by atoms with Crippen molar-refractivity contribution >= 4 is 12.2 Å². The minimum atomic E-state index is -2.90. The Kier molecular flexibility index (Phi) is 6.10. The number of hydrogen-bond acceptors (Lipinski definition) is 7. The van der Waals surface area contributed by atoms with E-state index in [0.717, 1.165) is 10.9 Å². The van der Waals surface area contributed by atoms with Crippen molar-refractivity contribution in [2.45, 2.75) is 6.43 Å². The molecule has 0 N–H and O–H groups in total. The Morgan fingerprint density at radius 2 is 1.81 bits per heavy atom. The average molecular weight is 369 g/mol. The summed E-state index contributed by atoms with van der Waals surface area (Å²) in [5.74, 6) is 0.108. The number of oxime groups is 1. The quantitative estimate of drug-likeness (QED) is 0.424. The maximum absolute atomic E-state index is 12.9. The number of benzene rings is 1. The predicted molar refractivity (Wildman–Crippen MR) is 87.3 cm³/mol. The Balaban J connectivity index is 2.19. The molecule has 0 saturated carbocycles. The SMILES string of the molecule is COc1cc(/C=N/OC(=O)c2cn(C)nc2C(F)F)cc(OC)c1OC. The van der Waals surface area contributed by atoms with Crippen molar-refractivity contribution in [3.8, 4) is 17.2 Å². The van der Waals surface area contributed by atoms with Crippen LogP contribution >= 0.6 is 0 Å². The molecule has 0 aliphatic rings. The molecule has 140 valence electrons. The van der Waals surface area contributed by atoms with Crippen molar-refractivity contribution in [3.63, 3.8) is 0 Å². The second-order valence-electron chi connectivity index (χ2n) is 4.97. The van der Waals surface area contributed by atoms with Gasteiger partial charge in [-0.15, -0.1) is 0 Å². The van der Waals surface area contributed by atoms with Crippen LogP contribution in [0.25, 0.3) is 0 Å². The number of carbonyl (C=O) groups is 1. The van der Waals surface area contributed by atoms with Gasteiger partial charge in [-0.3, -0.25) is 4.68 Å². The predicted octanol–water partition coefficient (Wildman–Crippen LogP) is 2.57. The summed E-state index contributed by atoms with van der Waals surface area (Å²) in [7, 11) is 5.78. The van der Waals surface area contributed by atoms with E-state index in [1.807, 2.05) is 0 Å². The number of carbonyl (C=O) groups excluding carboxylic acids is 1. The van der Waals surface area contributed by atoms with Crippen LogP contribution in [0.5, 0.6) is 17.2 Å². The van der Waals surface area contributed by atoms with Gasteiger partial charge < -0.3 is 19.0 Å². The van der Waals surface area contributed by atoms with Gasteiger partial charge in [0.25, 0.3) is 6.43 Å². The van der Waals surface area contributed by atoms with Crippen molar-refractivity contribution in [1.29, 1.82) is 0 Å². The molecule has 0 unspecified atom stereocenters. The second-order valence-corrected chi connectivity index (χ2v) is 4.97. The molecule has 2 aromatic rings. The van der Waals surface area contributed by atoms with Gasteiger partial charge in [0, 0.05) is 18.8 Å². The highest BCUT2D eigenvalue weighted by Gasteiger charge is 2.24. The lowest BCUT2D eigenvalue weighted by atomic mass is 10.2. The third-order valence-electron chi connectivity index (χ3n) is 3.31. The summed E-state index contributed by atoms with van der Waals surface area (Å²) in [4.78, 5) is 16.6. The van der Waals surface area contributed by atoms with Crippen LogP contribution in [0.1, 0.15) is 28.0 Å². The first-order valence-electron chi connectivity index (χ1n) is 7.27. The van der Waals surface area contributed by atoms with E-state index in [4.69, 9.17) is 14.2 Å². The summed E-state index contributed by atoms with van der Waals surface area (Å²) in [5.41, 5.74) is -0.544. The van der Waals surface area contributed by atoms with E-state index in [1.165, 1.54) is 34.6 Å². The Labute approximate surface area is 147 Å². The molecule has 1 heterocycles. The number of alkyl halides is 2. The van der Waals surface area contributed by atoms with Gasteiger partial charge in [0.1, 0.15) is 11.3 Å². The molecule has 0 saturated heterocycles. The second kappa shape index (κ2) is 8.28. The fraction of sp³-hybridized carbons (Fsp3) is 0.312. The number of nitrogens with zero attached hydrogens (tertiary/aromatic N) is 3. The summed E-state index contributed by atoms with van der Waals surface area (Å²) < 4.78 is 42.4. The van der Waals surface area contributed by atoms with E-state index >= 15 is 0 Å². The Hall–Kier alpha value is -3.17. The molecule has 0 bridgehead atoms. The first-order chi connectivity index (χ1) is 12.4. The number of rotatable bonds is 7. The van der Waals surface area contributed by atoms with Gasteiger partial charge in [0.05, 0.1) is 27.5 Å². The van der Waals surface area contributed by atoms with Gasteiger partial charge in [0.2, 0.25) is 5.75 Å². The van der Waals surface area contributed by atoms with E-state index in [2.05, 4.69) is 15.1 Å². The number of aromatic nitrogens is 2. The highest BCUT2D eigenvalue weighted by molar-refractivity contribution is 5.91. The van der Waals surface area contributed by atoms with E-state index in [9.17, 15) is 13.6 Å². The standard InChI is InChI=1S/C16H17F2N3O5/c1-21-8-10(13(20-21)15(17)18)16(22)26-19-7-9-5-11(23-2)14(25-4)12(6-9)24-3/h5-8,15H,1-4H3/b19-7+. The van der Waals surface area contributed by atoms with Crippen molar-refractivity contribution in [2.24, 2.45) is 12.2 Å². The summed E-state index contributed by atoms with van der Waals surface area (Å²) in [6.45, 7) is 0. The Morgan fingerprint density at radius 3 is 2.31 bits per heavy atom. The van der Waals surface area contributed by atoms with Crippen molar-refractivity contribution in [1.82, 2.24) is 9.78 Å². The van der Waals surface area contributed by atoms with Gasteiger partial charge in [-0.1, -0.05) is 5.16 Å². The third kappa shape index (κ3) is 4.08. The molecular formula is C16H17F2N3O5. The van der Waals surface area contributed by atoms with Crippen LogP contribution < -0.4 is 14.2 Å². The lowest BCUT2D eigenvalue weighted by molar-refractivity contribution is 0.0508. The minimum absolute atomic E-state index is 0.357. The molecule has 0 aliphatic heterocycles. The van der Waals surface area contributed by atoms with E-state index < -0.39 is 18.1 Å². The van der Waals surface area contributed by atoms with Gasteiger partial charge in [-0.05, 0) is 12.1 Å². The molecule has 0 spiro atoms. The fourth-order valence-electron chi connectivity index (χ4n) is 2.18. The Bertz CT molecular complexity index is 795. The monoisotopic (exact) mass is 369 g/mol. The maximum Gasteiger partial charge on any atom is 0.369 e. The molecule has 26 heavy (non-hydrogen) atoms. The molecule has 8 nitrogen and oxygen atoms in total. The highest BCUT2D eigenvalue weighted by atomic mass is 19.3. The first-order valence-corrected chi connectivity index (χ1v) is 7.27. The lowest BCUT2D eigenvalue weighted by Crippen LogP contribution is -2.04. The number of methoxy groups -OCH3 is 3. The summed E-state index contributed by atoms with van der Waals surface area (Å²) in [6.07, 6.45) is -0.558. The topological polar surface area (TPSA) is 84.2 Å². The van der Waals surface area contributed by atoms with Crippen LogP contribution in [-0.2, 0) is 11.9 Å². The average Bonchev–Trinajstić information content (AvgIpc) is 3.02. The van der Waals surface area contributed by atoms with Crippen molar-refractivity contribution in [3.05, 3.63) is 35.2 Å². The molecule has 0 aliphatic carbocycles. The maximum atomic E-state index is 12.9. The molecular weight excluding hydrogens is 352 g/mol. The number of aryl methyl sites for hydroxylation is 1. The van der Waals surface area contributed by atoms with Crippen LogP contribution in [0.2, 0.25) is 0 Å². The van der Waals surface area contributed by atoms with Crippen molar-refractivity contribution in [2.75, 3.05) is 21.3 Å². The summed E-state index contributed by atoms with van der Waals surface area (Å²) in [5, 5.41) is 7.05. The van der Waals surface area contributed by atoms with Gasteiger partial charge in [-0.2, -0.15) is 5.10 Å².